The predicted molar refractivity (Wildman–Crippen MR) is 128 cm³/mol. The van der Waals surface area contributed by atoms with Crippen LogP contribution in [0.15, 0.2) is 71.6 Å². The van der Waals surface area contributed by atoms with E-state index in [4.69, 9.17) is 9.47 Å². The van der Waals surface area contributed by atoms with Crippen molar-refractivity contribution in [2.45, 2.75) is 37.8 Å². The number of nitrogens with zero attached hydrogens (tertiary/aromatic N) is 1. The highest BCUT2D eigenvalue weighted by Gasteiger charge is 2.20. The van der Waals surface area contributed by atoms with Gasteiger partial charge in [-0.25, -0.2) is 4.79 Å². The minimum Gasteiger partial charge on any atom is -0.481 e. The van der Waals surface area contributed by atoms with E-state index in [2.05, 4.69) is 59.2 Å². The molecule has 3 aromatic carbocycles. The van der Waals surface area contributed by atoms with Crippen LogP contribution in [0.5, 0.6) is 5.75 Å². The van der Waals surface area contributed by atoms with Crippen molar-refractivity contribution >= 4 is 39.5 Å². The second-order valence-corrected chi connectivity index (χ2v) is 9.27. The molecule has 4 aromatic rings. The summed E-state index contributed by atoms with van der Waals surface area (Å²) in [6, 6.07) is 22.9. The lowest BCUT2D eigenvalue weighted by Crippen LogP contribution is -2.27. The number of aromatic nitrogens is 1. The number of carbonyl (C=O) groups excluding carboxylic acids is 1. The van der Waals surface area contributed by atoms with Gasteiger partial charge in [0.05, 0.1) is 10.4 Å². The van der Waals surface area contributed by atoms with Crippen LogP contribution in [-0.4, -0.2) is 29.0 Å². The highest BCUT2D eigenvalue weighted by Crippen LogP contribution is 2.40. The topological polar surface area (TPSA) is 40.5 Å². The number of carbonyl (C=O) groups is 1. The van der Waals surface area contributed by atoms with Crippen LogP contribution in [0.4, 0.5) is 0 Å². The Morgan fingerprint density at radius 3 is 2.35 bits per heavy atom. The molecule has 0 saturated heterocycles. The minimum atomic E-state index is -0.533. The number of thioether (sulfide) groups is 1. The van der Waals surface area contributed by atoms with Crippen molar-refractivity contribution < 1.29 is 14.3 Å². The van der Waals surface area contributed by atoms with Gasteiger partial charge < -0.3 is 14.0 Å². The first-order valence-corrected chi connectivity index (χ1v) is 11.6. The van der Waals surface area contributed by atoms with E-state index in [0.29, 0.717) is 5.75 Å². The van der Waals surface area contributed by atoms with Gasteiger partial charge in [-0.05, 0) is 50.8 Å². The zero-order valence-electron chi connectivity index (χ0n) is 18.3. The number of hydrogen-bond acceptors (Lipinski definition) is 4. The van der Waals surface area contributed by atoms with Gasteiger partial charge in [0.25, 0.3) is 0 Å². The molecule has 0 unspecified atom stereocenters. The van der Waals surface area contributed by atoms with Gasteiger partial charge in [0, 0.05) is 22.8 Å². The largest absolute Gasteiger partial charge is 0.481 e. The first-order valence-electron chi connectivity index (χ1n) is 10.3. The molecule has 0 aliphatic carbocycles. The van der Waals surface area contributed by atoms with Crippen LogP contribution in [0.3, 0.4) is 0 Å². The Kier molecular flexibility index (Phi) is 5.96. The Morgan fingerprint density at radius 1 is 0.935 bits per heavy atom. The number of benzene rings is 3. The number of esters is 1. The van der Waals surface area contributed by atoms with Gasteiger partial charge in [-0.1, -0.05) is 48.5 Å². The van der Waals surface area contributed by atoms with Crippen LogP contribution in [0.25, 0.3) is 21.8 Å². The first-order chi connectivity index (χ1) is 14.9. The SMILES string of the molecule is CSc1c(OCC(=O)OC(C)(C)C)ccc2c3ccccc3n(Cc3ccccc3)c12. The standard InChI is InChI=1S/C26H27NO3S/c1-26(2,3)30-23(28)17-29-22-15-14-20-19-12-8-9-13-21(19)27(24(20)25(22)31-4)16-18-10-6-5-7-11-18/h5-15H,16-17H2,1-4H3. The molecular formula is C26H27NO3S. The molecule has 5 heteroatoms. The van der Waals surface area contributed by atoms with Crippen LogP contribution in [0.1, 0.15) is 26.3 Å². The Labute approximate surface area is 187 Å². The van der Waals surface area contributed by atoms with Gasteiger partial charge >= 0.3 is 5.97 Å². The summed E-state index contributed by atoms with van der Waals surface area (Å²) in [7, 11) is 0. The lowest BCUT2D eigenvalue weighted by Gasteiger charge is -2.20. The van der Waals surface area contributed by atoms with E-state index in [1.165, 1.54) is 21.9 Å². The number of para-hydroxylation sites is 1. The Bertz CT molecular complexity index is 1220. The van der Waals surface area contributed by atoms with Crippen molar-refractivity contribution in [2.75, 3.05) is 12.9 Å². The molecule has 0 saturated carbocycles. The molecule has 4 rings (SSSR count). The molecule has 0 bridgehead atoms. The molecule has 0 aliphatic rings. The molecular weight excluding hydrogens is 406 g/mol. The van der Waals surface area contributed by atoms with Crippen molar-refractivity contribution in [3.05, 3.63) is 72.3 Å². The van der Waals surface area contributed by atoms with E-state index >= 15 is 0 Å². The average Bonchev–Trinajstić information content (AvgIpc) is 3.05. The normalized spacial score (nSPS) is 11.7. The van der Waals surface area contributed by atoms with Gasteiger partial charge in [-0.15, -0.1) is 11.8 Å². The molecule has 0 aliphatic heterocycles. The fourth-order valence-electron chi connectivity index (χ4n) is 3.84. The van der Waals surface area contributed by atoms with Gasteiger partial charge in [-0.2, -0.15) is 0 Å². The predicted octanol–water partition coefficient (Wildman–Crippen LogP) is 6.29. The van der Waals surface area contributed by atoms with Crippen molar-refractivity contribution in [1.82, 2.24) is 4.57 Å². The van der Waals surface area contributed by atoms with Gasteiger partial charge in [0.1, 0.15) is 11.4 Å². The Morgan fingerprint density at radius 2 is 1.65 bits per heavy atom. The van der Waals surface area contributed by atoms with Crippen LogP contribution >= 0.6 is 11.8 Å². The van der Waals surface area contributed by atoms with Crippen LogP contribution < -0.4 is 4.74 Å². The third-order valence-corrected chi connectivity index (χ3v) is 5.81. The molecule has 4 nitrogen and oxygen atoms in total. The number of fused-ring (bicyclic) bond motifs is 3. The van der Waals surface area contributed by atoms with E-state index in [-0.39, 0.29) is 12.6 Å². The van der Waals surface area contributed by atoms with Crippen LogP contribution in [0.2, 0.25) is 0 Å². The molecule has 0 amide bonds. The van der Waals surface area contributed by atoms with Gasteiger partial charge in [-0.3, -0.25) is 0 Å². The zero-order valence-corrected chi connectivity index (χ0v) is 19.2. The van der Waals surface area contributed by atoms with Crippen LogP contribution in [-0.2, 0) is 16.1 Å². The van der Waals surface area contributed by atoms with E-state index < -0.39 is 5.60 Å². The highest BCUT2D eigenvalue weighted by atomic mass is 32.2. The smallest absolute Gasteiger partial charge is 0.344 e. The van der Waals surface area contributed by atoms with Crippen molar-refractivity contribution in [3.63, 3.8) is 0 Å². The summed E-state index contributed by atoms with van der Waals surface area (Å²) in [6.07, 6.45) is 2.04. The summed E-state index contributed by atoms with van der Waals surface area (Å²) in [4.78, 5) is 13.2. The molecule has 1 aromatic heterocycles. The van der Waals surface area contributed by atoms with Crippen molar-refractivity contribution in [1.29, 1.82) is 0 Å². The lowest BCUT2D eigenvalue weighted by molar-refractivity contribution is -0.157. The summed E-state index contributed by atoms with van der Waals surface area (Å²) < 4.78 is 13.7. The first kappa shape index (κ1) is 21.3. The van der Waals surface area contributed by atoms with E-state index in [0.717, 1.165) is 17.0 Å². The molecule has 0 radical (unpaired) electrons. The maximum absolute atomic E-state index is 12.2. The van der Waals surface area contributed by atoms with Gasteiger partial charge in [0.15, 0.2) is 6.61 Å². The summed E-state index contributed by atoms with van der Waals surface area (Å²) in [5.74, 6) is 0.326. The van der Waals surface area contributed by atoms with Crippen molar-refractivity contribution in [3.8, 4) is 5.75 Å². The zero-order chi connectivity index (χ0) is 22.0. The highest BCUT2D eigenvalue weighted by molar-refractivity contribution is 7.99. The minimum absolute atomic E-state index is 0.116. The summed E-state index contributed by atoms with van der Waals surface area (Å²) in [6.45, 7) is 6.20. The van der Waals surface area contributed by atoms with Gasteiger partial charge in [0.2, 0.25) is 0 Å². The molecule has 1 heterocycles. The number of ether oxygens (including phenoxy) is 2. The summed E-state index contributed by atoms with van der Waals surface area (Å²) >= 11 is 1.63. The summed E-state index contributed by atoms with van der Waals surface area (Å²) in [5, 5.41) is 2.39. The van der Waals surface area contributed by atoms with Crippen LogP contribution in [0, 0.1) is 0 Å². The third kappa shape index (κ3) is 4.57. The molecule has 0 atom stereocenters. The van der Waals surface area contributed by atoms with Crippen molar-refractivity contribution in [2.24, 2.45) is 0 Å². The van der Waals surface area contributed by atoms with E-state index in [1.54, 1.807) is 11.8 Å². The second-order valence-electron chi connectivity index (χ2n) is 8.46. The van der Waals surface area contributed by atoms with E-state index in [1.807, 2.05) is 39.2 Å². The fraction of sp³-hybridized carbons (Fsp3) is 0.269. The quantitative estimate of drug-likeness (QED) is 0.265. The lowest BCUT2D eigenvalue weighted by atomic mass is 10.1. The Hall–Kier alpha value is -2.92. The molecule has 0 N–H and O–H groups in total. The molecule has 0 spiro atoms. The average molecular weight is 434 g/mol. The second kappa shape index (κ2) is 8.67. The third-order valence-electron chi connectivity index (χ3n) is 5.00. The maximum atomic E-state index is 12.2. The Balaban J connectivity index is 1.79. The summed E-state index contributed by atoms with van der Waals surface area (Å²) in [5.41, 5.74) is 3.01. The number of hydrogen-bond donors (Lipinski definition) is 0. The number of rotatable bonds is 6. The molecule has 160 valence electrons. The molecule has 31 heavy (non-hydrogen) atoms. The van der Waals surface area contributed by atoms with E-state index in [9.17, 15) is 4.79 Å². The molecule has 0 fully saturated rings. The monoisotopic (exact) mass is 433 g/mol. The maximum Gasteiger partial charge on any atom is 0.344 e. The fourth-order valence-corrected chi connectivity index (χ4v) is 4.59.